The van der Waals surface area contributed by atoms with Crippen molar-refractivity contribution in [1.29, 1.82) is 0 Å². The number of rotatable bonds is 3. The molecule has 0 bridgehead atoms. The highest BCUT2D eigenvalue weighted by Gasteiger charge is 2.09. The number of aromatic nitrogens is 2. The summed E-state index contributed by atoms with van der Waals surface area (Å²) < 4.78 is 14.3. The van der Waals surface area contributed by atoms with Gasteiger partial charge in [0.2, 0.25) is 0 Å². The van der Waals surface area contributed by atoms with Crippen LogP contribution in [0.15, 0.2) is 28.9 Å². The Labute approximate surface area is 118 Å². The first-order chi connectivity index (χ1) is 8.60. The second-order valence-corrected chi connectivity index (χ2v) is 4.79. The summed E-state index contributed by atoms with van der Waals surface area (Å²) in [4.78, 5) is 8.43. The van der Waals surface area contributed by atoms with E-state index in [1.54, 1.807) is 18.2 Å². The Kier molecular flexibility index (Phi) is 4.14. The molecule has 3 nitrogen and oxygen atoms in total. The quantitative estimate of drug-likeness (QED) is 0.851. The number of benzene rings is 1. The van der Waals surface area contributed by atoms with Gasteiger partial charge in [-0.1, -0.05) is 24.6 Å². The van der Waals surface area contributed by atoms with Gasteiger partial charge in [-0.25, -0.2) is 14.4 Å². The first-order valence-corrected chi connectivity index (χ1v) is 6.51. The first-order valence-electron chi connectivity index (χ1n) is 5.34. The van der Waals surface area contributed by atoms with Crippen molar-refractivity contribution in [2.45, 2.75) is 13.3 Å². The molecule has 1 N–H and O–H groups in total. The molecule has 94 valence electrons. The maximum absolute atomic E-state index is 13.6. The van der Waals surface area contributed by atoms with E-state index in [4.69, 9.17) is 11.6 Å². The molecule has 1 aromatic heterocycles. The zero-order valence-electron chi connectivity index (χ0n) is 9.54. The van der Waals surface area contributed by atoms with Crippen LogP contribution in [-0.4, -0.2) is 9.97 Å². The van der Waals surface area contributed by atoms with Gasteiger partial charge in [-0.15, -0.1) is 0 Å². The third-order valence-electron chi connectivity index (χ3n) is 2.27. The minimum Gasteiger partial charge on any atom is -0.336 e. The maximum atomic E-state index is 13.6. The van der Waals surface area contributed by atoms with Gasteiger partial charge in [0.1, 0.15) is 22.1 Å². The number of hydrogen-bond donors (Lipinski definition) is 1. The van der Waals surface area contributed by atoms with E-state index >= 15 is 0 Å². The van der Waals surface area contributed by atoms with Crippen LogP contribution in [0.3, 0.4) is 0 Å². The summed E-state index contributed by atoms with van der Waals surface area (Å²) in [7, 11) is 0. The molecule has 1 aromatic carbocycles. The molecule has 2 aromatic rings. The molecule has 2 rings (SSSR count). The summed E-state index contributed by atoms with van der Waals surface area (Å²) in [6.45, 7) is 1.95. The topological polar surface area (TPSA) is 37.8 Å². The number of halogens is 3. The molecule has 0 amide bonds. The Balaban J connectivity index is 2.37. The number of aryl methyl sites for hydroxylation is 1. The molecule has 18 heavy (non-hydrogen) atoms. The van der Waals surface area contributed by atoms with Gasteiger partial charge in [0.05, 0.1) is 10.7 Å². The predicted octanol–water partition coefficient (Wildman–Crippen LogP) is 4.34. The predicted molar refractivity (Wildman–Crippen MR) is 73.8 cm³/mol. The fraction of sp³-hybridized carbons (Fsp3) is 0.167. The van der Waals surface area contributed by atoms with Crippen molar-refractivity contribution in [3.63, 3.8) is 0 Å². The van der Waals surface area contributed by atoms with Crippen LogP contribution < -0.4 is 5.32 Å². The zero-order chi connectivity index (χ0) is 13.1. The molecule has 0 saturated heterocycles. The summed E-state index contributed by atoms with van der Waals surface area (Å²) in [6, 6.07) is 6.17. The van der Waals surface area contributed by atoms with E-state index in [1.807, 2.05) is 6.92 Å². The molecule has 0 spiro atoms. The van der Waals surface area contributed by atoms with E-state index in [0.717, 1.165) is 0 Å². The molecule has 0 aliphatic rings. The number of nitrogens with one attached hydrogen (secondary N) is 1. The molecular weight excluding hydrogens is 321 g/mol. The minimum absolute atomic E-state index is 0.215. The van der Waals surface area contributed by atoms with Crippen LogP contribution >= 0.6 is 27.5 Å². The van der Waals surface area contributed by atoms with Gasteiger partial charge in [0.25, 0.3) is 0 Å². The summed E-state index contributed by atoms with van der Waals surface area (Å²) in [5, 5.41) is 3.18. The fourth-order valence-electron chi connectivity index (χ4n) is 1.43. The highest BCUT2D eigenvalue weighted by Crippen LogP contribution is 2.28. The molecule has 0 aliphatic heterocycles. The van der Waals surface area contributed by atoms with Crippen LogP contribution in [0.1, 0.15) is 12.7 Å². The van der Waals surface area contributed by atoms with E-state index in [9.17, 15) is 4.39 Å². The number of para-hydroxylation sites is 1. The molecule has 0 atom stereocenters. The van der Waals surface area contributed by atoms with Crippen LogP contribution in [0.25, 0.3) is 0 Å². The Morgan fingerprint density at radius 1 is 1.39 bits per heavy atom. The second kappa shape index (κ2) is 5.63. The Morgan fingerprint density at radius 2 is 2.17 bits per heavy atom. The van der Waals surface area contributed by atoms with Crippen molar-refractivity contribution in [2.24, 2.45) is 0 Å². The third kappa shape index (κ3) is 2.97. The lowest BCUT2D eigenvalue weighted by Gasteiger charge is -2.09. The molecule has 0 unspecified atom stereocenters. The van der Waals surface area contributed by atoms with Gasteiger partial charge in [0.15, 0.2) is 0 Å². The van der Waals surface area contributed by atoms with Crippen molar-refractivity contribution < 1.29 is 4.39 Å². The molecule has 0 radical (unpaired) electrons. The molecular formula is C12H10BrClFN3. The minimum atomic E-state index is -0.421. The van der Waals surface area contributed by atoms with Crippen molar-refractivity contribution >= 4 is 39.0 Å². The van der Waals surface area contributed by atoms with Gasteiger partial charge < -0.3 is 5.32 Å². The van der Waals surface area contributed by atoms with Gasteiger partial charge in [0, 0.05) is 12.5 Å². The molecule has 0 aliphatic carbocycles. The normalized spacial score (nSPS) is 10.4. The number of hydrogen-bond acceptors (Lipinski definition) is 3. The van der Waals surface area contributed by atoms with Gasteiger partial charge in [-0.05, 0) is 28.1 Å². The summed E-state index contributed by atoms with van der Waals surface area (Å²) in [5.74, 6) is 0.746. The lowest BCUT2D eigenvalue weighted by Crippen LogP contribution is -2.01. The highest BCUT2D eigenvalue weighted by atomic mass is 79.9. The van der Waals surface area contributed by atoms with Crippen molar-refractivity contribution in [1.82, 2.24) is 9.97 Å². The first kappa shape index (κ1) is 13.2. The van der Waals surface area contributed by atoms with E-state index < -0.39 is 5.82 Å². The third-order valence-corrected chi connectivity index (χ3v) is 2.99. The van der Waals surface area contributed by atoms with Crippen molar-refractivity contribution in [3.05, 3.63) is 45.5 Å². The van der Waals surface area contributed by atoms with E-state index in [-0.39, 0.29) is 5.69 Å². The largest absolute Gasteiger partial charge is 0.336 e. The SMILES string of the molecule is CCc1nc(Br)cc(Nc2c(F)cccc2Cl)n1. The lowest BCUT2D eigenvalue weighted by molar-refractivity contribution is 0.632. The van der Waals surface area contributed by atoms with E-state index in [1.165, 1.54) is 6.07 Å². The second-order valence-electron chi connectivity index (χ2n) is 3.57. The molecule has 6 heteroatoms. The highest BCUT2D eigenvalue weighted by molar-refractivity contribution is 9.10. The molecule has 0 saturated carbocycles. The van der Waals surface area contributed by atoms with Crippen molar-refractivity contribution in [2.75, 3.05) is 5.32 Å². The lowest BCUT2D eigenvalue weighted by atomic mass is 10.3. The fourth-order valence-corrected chi connectivity index (χ4v) is 2.06. The Morgan fingerprint density at radius 3 is 2.83 bits per heavy atom. The van der Waals surface area contributed by atoms with Gasteiger partial charge >= 0.3 is 0 Å². The van der Waals surface area contributed by atoms with Gasteiger partial charge in [-0.2, -0.15) is 0 Å². The monoisotopic (exact) mass is 329 g/mol. The summed E-state index contributed by atoms with van der Waals surface area (Å²) in [6.07, 6.45) is 0.694. The zero-order valence-corrected chi connectivity index (χ0v) is 11.9. The van der Waals surface area contributed by atoms with Crippen molar-refractivity contribution in [3.8, 4) is 0 Å². The summed E-state index contributed by atoms with van der Waals surface area (Å²) in [5.41, 5.74) is 0.215. The van der Waals surface area contributed by atoms with Gasteiger partial charge in [-0.3, -0.25) is 0 Å². The van der Waals surface area contributed by atoms with Crippen LogP contribution in [0.2, 0.25) is 5.02 Å². The van der Waals surface area contributed by atoms with Crippen LogP contribution in [-0.2, 0) is 6.42 Å². The van der Waals surface area contributed by atoms with Crippen LogP contribution in [0.4, 0.5) is 15.9 Å². The number of anilines is 2. The Hall–Kier alpha value is -1.20. The average molecular weight is 331 g/mol. The van der Waals surface area contributed by atoms with E-state index in [2.05, 4.69) is 31.2 Å². The number of nitrogens with zero attached hydrogens (tertiary/aromatic N) is 2. The average Bonchev–Trinajstić information content (AvgIpc) is 2.33. The molecule has 0 fully saturated rings. The molecule has 1 heterocycles. The maximum Gasteiger partial charge on any atom is 0.148 e. The van der Waals surface area contributed by atoms with Crippen LogP contribution in [0.5, 0.6) is 0 Å². The smallest absolute Gasteiger partial charge is 0.148 e. The standard InChI is InChI=1S/C12H10BrClFN3/c1-2-10-16-9(13)6-11(17-10)18-12-7(14)4-3-5-8(12)15/h3-6H,2H2,1H3,(H,16,17,18). The van der Waals surface area contributed by atoms with Crippen LogP contribution in [0, 0.1) is 5.82 Å². The summed E-state index contributed by atoms with van der Waals surface area (Å²) >= 11 is 9.22. The Bertz CT molecular complexity index is 557. The van der Waals surface area contributed by atoms with E-state index in [0.29, 0.717) is 27.7 Å².